The topological polar surface area (TPSA) is 72.9 Å². The van der Waals surface area contributed by atoms with Gasteiger partial charge in [0, 0.05) is 23.5 Å². The van der Waals surface area contributed by atoms with Crippen molar-refractivity contribution in [3.8, 4) is 5.69 Å². The van der Waals surface area contributed by atoms with Crippen molar-refractivity contribution < 1.29 is 9.18 Å². The van der Waals surface area contributed by atoms with E-state index in [1.54, 1.807) is 10.9 Å². The number of benzene rings is 2. The molecule has 0 unspecified atom stereocenters. The van der Waals surface area contributed by atoms with Crippen LogP contribution in [0.1, 0.15) is 35.7 Å². The Labute approximate surface area is 151 Å². The van der Waals surface area contributed by atoms with E-state index < -0.39 is 11.7 Å². The molecule has 1 aliphatic rings. The lowest BCUT2D eigenvalue weighted by atomic mass is 9.76. The largest absolute Gasteiger partial charge is 0.366 e. The van der Waals surface area contributed by atoms with Crippen LogP contribution in [0.2, 0.25) is 0 Å². The van der Waals surface area contributed by atoms with E-state index >= 15 is 0 Å². The summed E-state index contributed by atoms with van der Waals surface area (Å²) in [7, 11) is 0. The van der Waals surface area contributed by atoms with E-state index in [0.717, 1.165) is 31.3 Å². The number of hydrogen-bond acceptors (Lipinski definition) is 3. The van der Waals surface area contributed by atoms with E-state index in [9.17, 15) is 9.18 Å². The number of nitrogens with two attached hydrogens (primary N) is 1. The van der Waals surface area contributed by atoms with Crippen molar-refractivity contribution in [2.24, 2.45) is 5.73 Å². The van der Waals surface area contributed by atoms with E-state index in [0.29, 0.717) is 10.9 Å². The Morgan fingerprint density at radius 3 is 2.73 bits per heavy atom. The standard InChI is InChI=1S/C20H21FN4O/c1-20(7-2-8-23-12-20)14-3-5-16(6-4-14)25-11-13-9-15(21)10-17(19(22)26)18(13)24-25/h3-6,9-11,23H,2,7-8,12H2,1H3,(H2,22,26)/t20-/m0/s1. The lowest BCUT2D eigenvalue weighted by Crippen LogP contribution is -2.41. The molecule has 134 valence electrons. The van der Waals surface area contributed by atoms with E-state index in [1.165, 1.54) is 18.1 Å². The van der Waals surface area contributed by atoms with Crippen LogP contribution in [0.15, 0.2) is 42.6 Å². The van der Waals surface area contributed by atoms with Gasteiger partial charge in [0.1, 0.15) is 11.3 Å². The van der Waals surface area contributed by atoms with Gasteiger partial charge in [-0.05, 0) is 49.2 Å². The molecule has 2 heterocycles. The summed E-state index contributed by atoms with van der Waals surface area (Å²) in [6.45, 7) is 4.32. The number of aromatic nitrogens is 2. The maximum absolute atomic E-state index is 13.7. The molecule has 0 spiro atoms. The van der Waals surface area contributed by atoms with Crippen LogP contribution in [0.4, 0.5) is 4.39 Å². The molecule has 0 bridgehead atoms. The number of carbonyl (C=O) groups excluding carboxylic acids is 1. The van der Waals surface area contributed by atoms with Crippen molar-refractivity contribution in [3.63, 3.8) is 0 Å². The number of nitrogens with one attached hydrogen (secondary N) is 1. The van der Waals surface area contributed by atoms with Gasteiger partial charge in [-0.1, -0.05) is 19.1 Å². The molecule has 2 aromatic carbocycles. The number of primary amides is 1. The van der Waals surface area contributed by atoms with Gasteiger partial charge < -0.3 is 11.1 Å². The van der Waals surface area contributed by atoms with Crippen LogP contribution in [-0.4, -0.2) is 28.8 Å². The van der Waals surface area contributed by atoms with Crippen LogP contribution < -0.4 is 11.1 Å². The molecule has 1 amide bonds. The molecule has 1 aromatic heterocycles. The smallest absolute Gasteiger partial charge is 0.251 e. The molecule has 1 fully saturated rings. The second kappa shape index (κ2) is 6.21. The summed E-state index contributed by atoms with van der Waals surface area (Å²) < 4.78 is 15.4. The maximum atomic E-state index is 13.7. The Hall–Kier alpha value is -2.73. The highest BCUT2D eigenvalue weighted by atomic mass is 19.1. The monoisotopic (exact) mass is 352 g/mol. The van der Waals surface area contributed by atoms with Crippen molar-refractivity contribution in [2.75, 3.05) is 13.1 Å². The first-order chi connectivity index (χ1) is 12.5. The van der Waals surface area contributed by atoms with Gasteiger partial charge in [0.15, 0.2) is 0 Å². The van der Waals surface area contributed by atoms with Gasteiger partial charge in [0.25, 0.3) is 5.91 Å². The molecule has 3 aromatic rings. The Morgan fingerprint density at radius 1 is 1.31 bits per heavy atom. The van der Waals surface area contributed by atoms with Gasteiger partial charge >= 0.3 is 0 Å². The predicted molar refractivity (Wildman–Crippen MR) is 99.0 cm³/mol. The Bertz CT molecular complexity index is 971. The highest BCUT2D eigenvalue weighted by Crippen LogP contribution is 2.31. The number of piperidine rings is 1. The summed E-state index contributed by atoms with van der Waals surface area (Å²) in [4.78, 5) is 11.6. The molecular formula is C20H21FN4O. The zero-order chi connectivity index (χ0) is 18.3. The Kier molecular flexibility index (Phi) is 4.00. The van der Waals surface area contributed by atoms with Crippen LogP contribution in [0, 0.1) is 5.82 Å². The van der Waals surface area contributed by atoms with Crippen molar-refractivity contribution in [1.82, 2.24) is 15.1 Å². The van der Waals surface area contributed by atoms with E-state index in [2.05, 4.69) is 29.5 Å². The normalized spacial score (nSPS) is 20.4. The van der Waals surface area contributed by atoms with Crippen LogP contribution in [-0.2, 0) is 5.41 Å². The number of nitrogens with zero attached hydrogens (tertiary/aromatic N) is 2. The zero-order valence-electron chi connectivity index (χ0n) is 14.6. The summed E-state index contributed by atoms with van der Waals surface area (Å²) in [5.74, 6) is -1.19. The van der Waals surface area contributed by atoms with Gasteiger partial charge in [-0.3, -0.25) is 4.79 Å². The minimum Gasteiger partial charge on any atom is -0.366 e. The number of carbonyl (C=O) groups is 1. The lowest BCUT2D eigenvalue weighted by Gasteiger charge is -2.34. The summed E-state index contributed by atoms with van der Waals surface area (Å²) in [5.41, 5.74) is 8.13. The Balaban J connectivity index is 1.72. The molecule has 1 atom stereocenters. The summed E-state index contributed by atoms with van der Waals surface area (Å²) >= 11 is 0. The molecule has 4 rings (SSSR count). The summed E-state index contributed by atoms with van der Waals surface area (Å²) in [5, 5.41) is 8.45. The van der Waals surface area contributed by atoms with Crippen LogP contribution >= 0.6 is 0 Å². The number of hydrogen-bond donors (Lipinski definition) is 2. The molecule has 1 aliphatic heterocycles. The second-order valence-electron chi connectivity index (χ2n) is 7.22. The third-order valence-electron chi connectivity index (χ3n) is 5.26. The number of amides is 1. The van der Waals surface area contributed by atoms with Crippen LogP contribution in [0.25, 0.3) is 16.6 Å². The van der Waals surface area contributed by atoms with Crippen molar-refractivity contribution in [1.29, 1.82) is 0 Å². The Morgan fingerprint density at radius 2 is 2.08 bits per heavy atom. The number of fused-ring (bicyclic) bond motifs is 1. The van der Waals surface area contributed by atoms with Crippen LogP contribution in [0.3, 0.4) is 0 Å². The van der Waals surface area contributed by atoms with Gasteiger partial charge in [0.05, 0.1) is 11.3 Å². The van der Waals surface area contributed by atoms with Gasteiger partial charge in [-0.2, -0.15) is 5.10 Å². The summed E-state index contributed by atoms with van der Waals surface area (Å²) in [6.07, 6.45) is 4.04. The highest BCUT2D eigenvalue weighted by molar-refractivity contribution is 6.04. The fourth-order valence-electron chi connectivity index (χ4n) is 3.74. The molecule has 3 N–H and O–H groups in total. The van der Waals surface area contributed by atoms with Gasteiger partial charge in [-0.15, -0.1) is 0 Å². The molecule has 0 saturated carbocycles. The maximum Gasteiger partial charge on any atom is 0.251 e. The van der Waals surface area contributed by atoms with Crippen LogP contribution in [0.5, 0.6) is 0 Å². The highest BCUT2D eigenvalue weighted by Gasteiger charge is 2.28. The minimum absolute atomic E-state index is 0.0937. The van der Waals surface area contributed by atoms with E-state index in [4.69, 9.17) is 5.73 Å². The van der Waals surface area contributed by atoms with Crippen molar-refractivity contribution in [3.05, 3.63) is 59.5 Å². The molecular weight excluding hydrogens is 331 g/mol. The second-order valence-corrected chi connectivity index (χ2v) is 7.22. The average Bonchev–Trinajstić information content (AvgIpc) is 3.05. The third-order valence-corrected chi connectivity index (χ3v) is 5.26. The summed E-state index contributed by atoms with van der Waals surface area (Å²) in [6, 6.07) is 10.7. The fraction of sp³-hybridized carbons (Fsp3) is 0.300. The molecule has 1 saturated heterocycles. The minimum atomic E-state index is -0.687. The molecule has 6 heteroatoms. The van der Waals surface area contributed by atoms with E-state index in [-0.39, 0.29) is 11.0 Å². The molecule has 0 aliphatic carbocycles. The van der Waals surface area contributed by atoms with E-state index in [1.807, 2.05) is 12.1 Å². The molecule has 26 heavy (non-hydrogen) atoms. The predicted octanol–water partition coefficient (Wildman–Crippen LogP) is 2.90. The third kappa shape index (κ3) is 2.86. The molecule has 5 nitrogen and oxygen atoms in total. The quantitative estimate of drug-likeness (QED) is 0.761. The zero-order valence-corrected chi connectivity index (χ0v) is 14.6. The first kappa shape index (κ1) is 16.7. The average molecular weight is 352 g/mol. The first-order valence-electron chi connectivity index (χ1n) is 8.77. The first-order valence-corrected chi connectivity index (χ1v) is 8.77. The lowest BCUT2D eigenvalue weighted by molar-refractivity contribution is 0.100. The number of rotatable bonds is 3. The SMILES string of the molecule is C[C@]1(c2ccc(-n3cc4cc(F)cc(C(N)=O)c4n3)cc2)CCCNC1. The number of halogens is 1. The van der Waals surface area contributed by atoms with Gasteiger partial charge in [0.2, 0.25) is 0 Å². The van der Waals surface area contributed by atoms with Crippen molar-refractivity contribution in [2.45, 2.75) is 25.2 Å². The van der Waals surface area contributed by atoms with Crippen molar-refractivity contribution >= 4 is 16.8 Å². The molecule has 0 radical (unpaired) electrons. The van der Waals surface area contributed by atoms with Gasteiger partial charge in [-0.25, -0.2) is 9.07 Å². The fourth-order valence-corrected chi connectivity index (χ4v) is 3.74.